The van der Waals surface area contributed by atoms with Crippen molar-refractivity contribution in [3.63, 3.8) is 0 Å². The molecule has 1 fully saturated rings. The topological polar surface area (TPSA) is 37.2 Å². The van der Waals surface area contributed by atoms with Gasteiger partial charge in [0.1, 0.15) is 5.76 Å². The van der Waals surface area contributed by atoms with E-state index < -0.39 is 0 Å². The Balaban J connectivity index is 1.74. The fraction of sp³-hybridized carbons (Fsp3) is 0.636. The van der Waals surface area contributed by atoms with Gasteiger partial charge in [0.2, 0.25) is 0 Å². The van der Waals surface area contributed by atoms with Gasteiger partial charge in [-0.2, -0.15) is 0 Å². The Morgan fingerprint density at radius 1 is 1.71 bits per heavy atom. The zero-order valence-corrected chi connectivity index (χ0v) is 8.62. The molecule has 0 bridgehead atoms. The molecule has 0 saturated carbocycles. The highest BCUT2D eigenvalue weighted by molar-refractivity contribution is 5.02. The maximum absolute atomic E-state index is 5.33. The summed E-state index contributed by atoms with van der Waals surface area (Å²) in [5.74, 6) is 1.81. The van der Waals surface area contributed by atoms with Crippen molar-refractivity contribution >= 4 is 0 Å². The molecule has 0 aliphatic carbocycles. The number of rotatable bonds is 4. The van der Waals surface area contributed by atoms with Crippen LogP contribution in [0.15, 0.2) is 22.8 Å². The van der Waals surface area contributed by atoms with E-state index in [1.807, 2.05) is 12.1 Å². The van der Waals surface area contributed by atoms with E-state index in [0.29, 0.717) is 6.04 Å². The second kappa shape index (κ2) is 4.62. The summed E-state index contributed by atoms with van der Waals surface area (Å²) in [5.41, 5.74) is 0. The van der Waals surface area contributed by atoms with Crippen molar-refractivity contribution in [3.8, 4) is 0 Å². The van der Waals surface area contributed by atoms with Crippen LogP contribution in [-0.2, 0) is 0 Å². The molecule has 3 heteroatoms. The van der Waals surface area contributed by atoms with Crippen molar-refractivity contribution in [2.45, 2.75) is 19.4 Å². The van der Waals surface area contributed by atoms with Crippen LogP contribution < -0.4 is 10.6 Å². The molecule has 1 saturated heterocycles. The summed E-state index contributed by atoms with van der Waals surface area (Å²) in [6, 6.07) is 4.28. The highest BCUT2D eigenvalue weighted by atomic mass is 16.3. The zero-order chi connectivity index (χ0) is 9.80. The molecule has 3 nitrogen and oxygen atoms in total. The highest BCUT2D eigenvalue weighted by Gasteiger charge is 2.15. The van der Waals surface area contributed by atoms with E-state index in [2.05, 4.69) is 17.6 Å². The van der Waals surface area contributed by atoms with Crippen LogP contribution in [0.4, 0.5) is 0 Å². The largest absolute Gasteiger partial charge is 0.468 e. The third-order valence-corrected chi connectivity index (χ3v) is 2.85. The van der Waals surface area contributed by atoms with Gasteiger partial charge in [0.15, 0.2) is 0 Å². The molecule has 78 valence electrons. The fourth-order valence-corrected chi connectivity index (χ4v) is 1.87. The molecule has 1 aliphatic rings. The van der Waals surface area contributed by atoms with Crippen LogP contribution in [0.2, 0.25) is 0 Å². The second-order valence-electron chi connectivity index (χ2n) is 4.00. The van der Waals surface area contributed by atoms with E-state index in [1.54, 1.807) is 6.26 Å². The first-order valence-electron chi connectivity index (χ1n) is 5.34. The lowest BCUT2D eigenvalue weighted by Gasteiger charge is -2.14. The second-order valence-corrected chi connectivity index (χ2v) is 4.00. The van der Waals surface area contributed by atoms with Gasteiger partial charge in [-0.1, -0.05) is 0 Å². The summed E-state index contributed by atoms with van der Waals surface area (Å²) in [6.45, 7) is 5.54. The van der Waals surface area contributed by atoms with E-state index in [4.69, 9.17) is 4.42 Å². The zero-order valence-electron chi connectivity index (χ0n) is 8.62. The summed E-state index contributed by atoms with van der Waals surface area (Å²) in [6.07, 6.45) is 3.02. The highest BCUT2D eigenvalue weighted by Crippen LogP contribution is 2.13. The van der Waals surface area contributed by atoms with Crippen LogP contribution in [0.3, 0.4) is 0 Å². The summed E-state index contributed by atoms with van der Waals surface area (Å²) >= 11 is 0. The fourth-order valence-electron chi connectivity index (χ4n) is 1.87. The van der Waals surface area contributed by atoms with Gasteiger partial charge in [-0.3, -0.25) is 0 Å². The number of nitrogens with one attached hydrogen (secondary N) is 2. The van der Waals surface area contributed by atoms with E-state index in [-0.39, 0.29) is 0 Å². The molecule has 2 N–H and O–H groups in total. The first kappa shape index (κ1) is 9.74. The summed E-state index contributed by atoms with van der Waals surface area (Å²) in [7, 11) is 0. The summed E-state index contributed by atoms with van der Waals surface area (Å²) in [5, 5.41) is 6.86. The number of hydrogen-bond donors (Lipinski definition) is 2. The first-order valence-corrected chi connectivity index (χ1v) is 5.34. The molecular weight excluding hydrogens is 176 g/mol. The maximum atomic E-state index is 5.33. The SMILES string of the molecule is C[C@@H](NC[C@@H]1CCNC1)c1ccco1. The molecular formula is C11H18N2O. The van der Waals surface area contributed by atoms with Crippen LogP contribution in [0, 0.1) is 5.92 Å². The van der Waals surface area contributed by atoms with Gasteiger partial charge < -0.3 is 15.1 Å². The molecule has 0 unspecified atom stereocenters. The van der Waals surface area contributed by atoms with Crippen LogP contribution >= 0.6 is 0 Å². The van der Waals surface area contributed by atoms with Crippen molar-refractivity contribution in [2.24, 2.45) is 5.92 Å². The van der Waals surface area contributed by atoms with Gasteiger partial charge in [0, 0.05) is 0 Å². The lowest BCUT2D eigenvalue weighted by molar-refractivity contribution is 0.403. The molecule has 0 radical (unpaired) electrons. The van der Waals surface area contributed by atoms with Gasteiger partial charge >= 0.3 is 0 Å². The van der Waals surface area contributed by atoms with Crippen molar-refractivity contribution in [1.29, 1.82) is 0 Å². The standard InChI is InChI=1S/C11H18N2O/c1-9(11-3-2-6-14-11)13-8-10-4-5-12-7-10/h2-3,6,9-10,12-13H,4-5,7-8H2,1H3/t9-,10-/m1/s1. The Hall–Kier alpha value is -0.800. The van der Waals surface area contributed by atoms with Gasteiger partial charge in [-0.05, 0) is 51.0 Å². The van der Waals surface area contributed by atoms with Crippen LogP contribution in [0.1, 0.15) is 25.1 Å². The predicted molar refractivity (Wildman–Crippen MR) is 56.1 cm³/mol. The normalized spacial score (nSPS) is 23.9. The Labute approximate surface area is 84.9 Å². The summed E-state index contributed by atoms with van der Waals surface area (Å²) < 4.78 is 5.33. The minimum Gasteiger partial charge on any atom is -0.468 e. The van der Waals surface area contributed by atoms with E-state index in [1.165, 1.54) is 13.0 Å². The number of furan rings is 1. The average molecular weight is 194 g/mol. The quantitative estimate of drug-likeness (QED) is 0.763. The lowest BCUT2D eigenvalue weighted by Crippen LogP contribution is -2.26. The Bertz CT molecular complexity index is 252. The Morgan fingerprint density at radius 2 is 2.64 bits per heavy atom. The molecule has 1 aliphatic heterocycles. The molecule has 0 aromatic carbocycles. The lowest BCUT2D eigenvalue weighted by atomic mass is 10.1. The van der Waals surface area contributed by atoms with Gasteiger partial charge in [0.05, 0.1) is 12.3 Å². The molecule has 2 atom stereocenters. The van der Waals surface area contributed by atoms with Crippen LogP contribution in [0.5, 0.6) is 0 Å². The molecule has 14 heavy (non-hydrogen) atoms. The van der Waals surface area contributed by atoms with Crippen LogP contribution in [0.25, 0.3) is 0 Å². The van der Waals surface area contributed by atoms with E-state index in [9.17, 15) is 0 Å². The monoisotopic (exact) mass is 194 g/mol. The molecule has 1 aromatic heterocycles. The van der Waals surface area contributed by atoms with E-state index >= 15 is 0 Å². The van der Waals surface area contributed by atoms with Crippen molar-refractivity contribution in [2.75, 3.05) is 19.6 Å². The minimum atomic E-state index is 0.325. The molecule has 1 aromatic rings. The molecule has 0 spiro atoms. The maximum Gasteiger partial charge on any atom is 0.120 e. The van der Waals surface area contributed by atoms with Gasteiger partial charge in [0.25, 0.3) is 0 Å². The van der Waals surface area contributed by atoms with Crippen molar-refractivity contribution in [1.82, 2.24) is 10.6 Å². The Morgan fingerprint density at radius 3 is 3.29 bits per heavy atom. The molecule has 0 amide bonds. The van der Waals surface area contributed by atoms with Gasteiger partial charge in [-0.25, -0.2) is 0 Å². The first-order chi connectivity index (χ1) is 6.86. The minimum absolute atomic E-state index is 0.325. The average Bonchev–Trinajstić information content (AvgIpc) is 2.87. The molecule has 2 rings (SSSR count). The summed E-state index contributed by atoms with van der Waals surface area (Å²) in [4.78, 5) is 0. The van der Waals surface area contributed by atoms with E-state index in [0.717, 1.165) is 24.8 Å². The Kier molecular flexibility index (Phi) is 3.22. The van der Waals surface area contributed by atoms with Gasteiger partial charge in [-0.15, -0.1) is 0 Å². The predicted octanol–water partition coefficient (Wildman–Crippen LogP) is 1.54. The third kappa shape index (κ3) is 2.36. The van der Waals surface area contributed by atoms with Crippen LogP contribution in [-0.4, -0.2) is 19.6 Å². The smallest absolute Gasteiger partial charge is 0.120 e. The third-order valence-electron chi connectivity index (χ3n) is 2.85. The number of hydrogen-bond acceptors (Lipinski definition) is 3. The van der Waals surface area contributed by atoms with Crippen molar-refractivity contribution in [3.05, 3.63) is 24.2 Å². The molecule has 2 heterocycles. The van der Waals surface area contributed by atoms with Crippen molar-refractivity contribution < 1.29 is 4.42 Å².